The van der Waals surface area contributed by atoms with Gasteiger partial charge in [-0.25, -0.2) is 0 Å². The van der Waals surface area contributed by atoms with Crippen LogP contribution in [-0.2, 0) is 0 Å². The van der Waals surface area contributed by atoms with Crippen molar-refractivity contribution in [1.82, 2.24) is 10.2 Å². The van der Waals surface area contributed by atoms with Crippen molar-refractivity contribution in [1.29, 1.82) is 0 Å². The summed E-state index contributed by atoms with van der Waals surface area (Å²) in [6, 6.07) is 5.82. The van der Waals surface area contributed by atoms with Crippen LogP contribution in [0.4, 0.5) is 11.4 Å². The van der Waals surface area contributed by atoms with E-state index in [0.29, 0.717) is 0 Å². The number of amides is 1. The summed E-state index contributed by atoms with van der Waals surface area (Å²) in [4.78, 5) is 14.8. The van der Waals surface area contributed by atoms with Gasteiger partial charge in [0, 0.05) is 26.2 Å². The quantitative estimate of drug-likeness (QED) is 0.790. The van der Waals surface area contributed by atoms with E-state index in [1.165, 1.54) is 32.4 Å². The third-order valence-electron chi connectivity index (χ3n) is 4.21. The highest BCUT2D eigenvalue weighted by Crippen LogP contribution is 2.28. The van der Waals surface area contributed by atoms with Gasteiger partial charge in [0.2, 0.25) is 0 Å². The second-order valence-corrected chi connectivity index (χ2v) is 5.74. The number of hydrogen-bond donors (Lipinski definition) is 3. The lowest BCUT2D eigenvalue weighted by Gasteiger charge is -2.26. The van der Waals surface area contributed by atoms with Crippen molar-refractivity contribution in [3.8, 4) is 0 Å². The van der Waals surface area contributed by atoms with E-state index in [4.69, 9.17) is 0 Å². The molecule has 0 saturated carbocycles. The van der Waals surface area contributed by atoms with Crippen molar-refractivity contribution in [2.45, 2.75) is 19.3 Å². The minimum atomic E-state index is 0.0139. The van der Waals surface area contributed by atoms with Gasteiger partial charge in [0.05, 0.1) is 16.9 Å². The van der Waals surface area contributed by atoms with Gasteiger partial charge in [-0.3, -0.25) is 4.79 Å². The van der Waals surface area contributed by atoms with Gasteiger partial charge < -0.3 is 20.9 Å². The number of likely N-dealkylation sites (tertiary alicyclic amines) is 1. The van der Waals surface area contributed by atoms with Crippen LogP contribution < -0.4 is 16.0 Å². The molecule has 0 unspecified atom stereocenters. The molecule has 5 heteroatoms. The van der Waals surface area contributed by atoms with Crippen molar-refractivity contribution in [2.75, 3.05) is 49.9 Å². The summed E-state index contributed by atoms with van der Waals surface area (Å²) in [6.45, 7) is 5.75. The minimum absolute atomic E-state index is 0.0139. The summed E-state index contributed by atoms with van der Waals surface area (Å²) in [6.07, 6.45) is 3.92. The zero-order valence-corrected chi connectivity index (χ0v) is 12.5. The maximum atomic E-state index is 12.4. The lowest BCUT2D eigenvalue weighted by molar-refractivity contribution is 0.0947. The van der Waals surface area contributed by atoms with Gasteiger partial charge in [-0.2, -0.15) is 0 Å². The van der Waals surface area contributed by atoms with Crippen LogP contribution in [-0.4, -0.2) is 50.1 Å². The van der Waals surface area contributed by atoms with Crippen LogP contribution in [0.15, 0.2) is 18.2 Å². The van der Waals surface area contributed by atoms with Crippen LogP contribution >= 0.6 is 0 Å². The second kappa shape index (κ2) is 6.80. The molecule has 0 aromatic heterocycles. The molecule has 1 aromatic carbocycles. The van der Waals surface area contributed by atoms with E-state index in [9.17, 15) is 4.79 Å². The molecule has 1 fully saturated rings. The molecule has 1 saturated heterocycles. The Hall–Kier alpha value is -1.75. The average Bonchev–Trinajstić information content (AvgIpc) is 2.55. The predicted molar refractivity (Wildman–Crippen MR) is 86.0 cm³/mol. The van der Waals surface area contributed by atoms with Gasteiger partial charge in [-0.05, 0) is 38.1 Å². The summed E-state index contributed by atoms with van der Waals surface area (Å²) < 4.78 is 0. The number of rotatable bonds is 4. The van der Waals surface area contributed by atoms with Crippen molar-refractivity contribution >= 4 is 17.3 Å². The van der Waals surface area contributed by atoms with Crippen LogP contribution in [0.3, 0.4) is 0 Å². The number of para-hydroxylation sites is 1. The SMILES string of the molecule is O=C(NCCN1CCCCC1)c1cccc2c1NCCN2. The minimum Gasteiger partial charge on any atom is -0.382 e. The highest BCUT2D eigenvalue weighted by Gasteiger charge is 2.17. The van der Waals surface area contributed by atoms with Crippen LogP contribution in [0.5, 0.6) is 0 Å². The largest absolute Gasteiger partial charge is 0.382 e. The Bertz CT molecular complexity index is 497. The highest BCUT2D eigenvalue weighted by atomic mass is 16.1. The molecule has 0 atom stereocenters. The van der Waals surface area contributed by atoms with E-state index in [0.717, 1.165) is 43.1 Å². The molecular formula is C16H24N4O. The number of anilines is 2. The van der Waals surface area contributed by atoms with Gasteiger partial charge >= 0.3 is 0 Å². The van der Waals surface area contributed by atoms with E-state index in [1.807, 2.05) is 18.2 Å². The standard InChI is InChI=1S/C16H24N4O/c21-16(19-9-12-20-10-2-1-3-11-20)13-5-4-6-14-15(13)18-8-7-17-14/h4-6,17-18H,1-3,7-12H2,(H,19,21). The lowest BCUT2D eigenvalue weighted by atomic mass is 10.1. The number of carbonyl (C=O) groups is 1. The van der Waals surface area contributed by atoms with E-state index < -0.39 is 0 Å². The Morgan fingerprint density at radius 1 is 1.14 bits per heavy atom. The van der Waals surface area contributed by atoms with Crippen molar-refractivity contribution in [2.24, 2.45) is 0 Å². The van der Waals surface area contributed by atoms with E-state index >= 15 is 0 Å². The number of benzene rings is 1. The van der Waals surface area contributed by atoms with Crippen LogP contribution in [0.25, 0.3) is 0 Å². The second-order valence-electron chi connectivity index (χ2n) is 5.74. The van der Waals surface area contributed by atoms with Gasteiger partial charge in [-0.15, -0.1) is 0 Å². The molecule has 2 aliphatic heterocycles. The van der Waals surface area contributed by atoms with Crippen LogP contribution in [0.2, 0.25) is 0 Å². The molecule has 21 heavy (non-hydrogen) atoms. The van der Waals surface area contributed by atoms with Gasteiger partial charge in [-0.1, -0.05) is 12.5 Å². The van der Waals surface area contributed by atoms with Crippen molar-refractivity contribution < 1.29 is 4.79 Å². The number of carbonyl (C=O) groups excluding carboxylic acids is 1. The molecule has 0 spiro atoms. The normalized spacial score (nSPS) is 18.3. The number of piperidine rings is 1. The molecule has 0 aliphatic carbocycles. The average molecular weight is 288 g/mol. The molecule has 2 heterocycles. The monoisotopic (exact) mass is 288 g/mol. The van der Waals surface area contributed by atoms with E-state index in [1.54, 1.807) is 0 Å². The summed E-state index contributed by atoms with van der Waals surface area (Å²) in [5.74, 6) is 0.0139. The van der Waals surface area contributed by atoms with Gasteiger partial charge in [0.25, 0.3) is 5.91 Å². The Kier molecular flexibility index (Phi) is 4.60. The molecular weight excluding hydrogens is 264 g/mol. The topological polar surface area (TPSA) is 56.4 Å². The Morgan fingerprint density at radius 2 is 1.95 bits per heavy atom. The maximum Gasteiger partial charge on any atom is 0.253 e. The first-order chi connectivity index (χ1) is 10.3. The summed E-state index contributed by atoms with van der Waals surface area (Å²) >= 11 is 0. The Labute approximate surface area is 126 Å². The molecule has 3 N–H and O–H groups in total. The molecule has 114 valence electrons. The Balaban J connectivity index is 1.55. The number of hydrogen-bond acceptors (Lipinski definition) is 4. The molecule has 3 rings (SSSR count). The predicted octanol–water partition coefficient (Wildman–Crippen LogP) is 1.74. The fraction of sp³-hybridized carbons (Fsp3) is 0.562. The summed E-state index contributed by atoms with van der Waals surface area (Å²) in [7, 11) is 0. The van der Waals surface area contributed by atoms with Crippen molar-refractivity contribution in [3.05, 3.63) is 23.8 Å². The smallest absolute Gasteiger partial charge is 0.253 e. The molecule has 0 bridgehead atoms. The molecule has 0 radical (unpaired) electrons. The zero-order chi connectivity index (χ0) is 14.5. The molecule has 1 aromatic rings. The maximum absolute atomic E-state index is 12.4. The fourth-order valence-corrected chi connectivity index (χ4v) is 3.07. The van der Waals surface area contributed by atoms with E-state index in [2.05, 4.69) is 20.9 Å². The summed E-state index contributed by atoms with van der Waals surface area (Å²) in [5, 5.41) is 9.68. The van der Waals surface area contributed by atoms with Gasteiger partial charge in [0.15, 0.2) is 0 Å². The number of nitrogens with zero attached hydrogens (tertiary/aromatic N) is 1. The highest BCUT2D eigenvalue weighted by molar-refractivity contribution is 6.02. The lowest BCUT2D eigenvalue weighted by Crippen LogP contribution is -2.38. The van der Waals surface area contributed by atoms with E-state index in [-0.39, 0.29) is 5.91 Å². The third-order valence-corrected chi connectivity index (χ3v) is 4.21. The fourth-order valence-electron chi connectivity index (χ4n) is 3.07. The number of nitrogens with one attached hydrogen (secondary N) is 3. The van der Waals surface area contributed by atoms with Gasteiger partial charge in [0.1, 0.15) is 0 Å². The molecule has 1 amide bonds. The Morgan fingerprint density at radius 3 is 2.81 bits per heavy atom. The first-order valence-electron chi connectivity index (χ1n) is 7.96. The first kappa shape index (κ1) is 14.2. The zero-order valence-electron chi connectivity index (χ0n) is 12.5. The molecule has 5 nitrogen and oxygen atoms in total. The van der Waals surface area contributed by atoms with Crippen LogP contribution in [0.1, 0.15) is 29.6 Å². The third kappa shape index (κ3) is 3.47. The first-order valence-corrected chi connectivity index (χ1v) is 7.96. The number of fused-ring (bicyclic) bond motifs is 1. The molecule has 2 aliphatic rings. The van der Waals surface area contributed by atoms with Crippen molar-refractivity contribution in [3.63, 3.8) is 0 Å². The van der Waals surface area contributed by atoms with Crippen LogP contribution in [0, 0.1) is 0 Å². The summed E-state index contributed by atoms with van der Waals surface area (Å²) in [5.41, 5.74) is 2.68.